The Labute approximate surface area is 95.2 Å². The topological polar surface area (TPSA) is 66.4 Å². The molecule has 4 nitrogen and oxygen atoms in total. The van der Waals surface area contributed by atoms with E-state index in [2.05, 4.69) is 5.32 Å². The number of hydrogen-bond acceptors (Lipinski definition) is 2. The van der Waals surface area contributed by atoms with Crippen molar-refractivity contribution in [3.8, 4) is 0 Å². The highest BCUT2D eigenvalue weighted by atomic mass is 19.1. The van der Waals surface area contributed by atoms with E-state index >= 15 is 0 Å². The Bertz CT molecular complexity index is 469. The fraction of sp³-hybridized carbons (Fsp3) is 0.273. The van der Waals surface area contributed by atoms with Crippen LogP contribution in [0.4, 0.5) is 8.78 Å². The normalized spacial score (nSPS) is 23.5. The smallest absolute Gasteiger partial charge is 0.309 e. The van der Waals surface area contributed by atoms with E-state index in [1.165, 1.54) is 0 Å². The molecule has 0 radical (unpaired) electrons. The predicted octanol–water partition coefficient (Wildman–Crippen LogP) is 1.23. The van der Waals surface area contributed by atoms with Crippen LogP contribution >= 0.6 is 0 Å². The third-order valence-electron chi connectivity index (χ3n) is 2.69. The Kier molecular flexibility index (Phi) is 2.79. The molecule has 1 aromatic rings. The van der Waals surface area contributed by atoms with Gasteiger partial charge in [0.2, 0.25) is 5.91 Å². The SMILES string of the molecule is O=C1C[C@@H](C(=O)O)[C@H](c2cc(F)cc(F)c2)N1. The first-order valence-electron chi connectivity index (χ1n) is 4.95. The van der Waals surface area contributed by atoms with E-state index in [1.807, 2.05) is 0 Å². The van der Waals surface area contributed by atoms with Gasteiger partial charge in [0.25, 0.3) is 0 Å². The predicted molar refractivity (Wildman–Crippen MR) is 53.0 cm³/mol. The minimum Gasteiger partial charge on any atom is -0.481 e. The first-order chi connectivity index (χ1) is 7.97. The highest BCUT2D eigenvalue weighted by molar-refractivity contribution is 5.87. The summed E-state index contributed by atoms with van der Waals surface area (Å²) in [6.07, 6.45) is -0.182. The molecule has 1 aromatic carbocycles. The Morgan fingerprint density at radius 1 is 1.29 bits per heavy atom. The number of nitrogens with one attached hydrogen (secondary N) is 1. The van der Waals surface area contributed by atoms with Crippen molar-refractivity contribution in [3.63, 3.8) is 0 Å². The molecule has 1 heterocycles. The van der Waals surface area contributed by atoms with Gasteiger partial charge in [0.15, 0.2) is 0 Å². The Morgan fingerprint density at radius 3 is 2.41 bits per heavy atom. The van der Waals surface area contributed by atoms with Crippen molar-refractivity contribution in [1.29, 1.82) is 0 Å². The molecule has 0 saturated carbocycles. The number of rotatable bonds is 2. The summed E-state index contributed by atoms with van der Waals surface area (Å²) in [5, 5.41) is 11.3. The number of carboxylic acids is 1. The maximum Gasteiger partial charge on any atom is 0.309 e. The molecule has 0 bridgehead atoms. The summed E-state index contributed by atoms with van der Waals surface area (Å²) in [7, 11) is 0. The zero-order valence-corrected chi connectivity index (χ0v) is 8.61. The van der Waals surface area contributed by atoms with Crippen LogP contribution in [0.2, 0.25) is 0 Å². The summed E-state index contributed by atoms with van der Waals surface area (Å²) in [6, 6.07) is 1.85. The Morgan fingerprint density at radius 2 is 1.88 bits per heavy atom. The zero-order chi connectivity index (χ0) is 12.6. The summed E-state index contributed by atoms with van der Waals surface area (Å²) in [4.78, 5) is 22.1. The first kappa shape index (κ1) is 11.5. The fourth-order valence-corrected chi connectivity index (χ4v) is 1.95. The van der Waals surface area contributed by atoms with Gasteiger partial charge in [-0.1, -0.05) is 0 Å². The van der Waals surface area contributed by atoms with E-state index in [9.17, 15) is 18.4 Å². The van der Waals surface area contributed by atoms with Crippen LogP contribution in [0.1, 0.15) is 18.0 Å². The fourth-order valence-electron chi connectivity index (χ4n) is 1.95. The van der Waals surface area contributed by atoms with Gasteiger partial charge in [0.1, 0.15) is 11.6 Å². The average Bonchev–Trinajstić information content (AvgIpc) is 2.59. The van der Waals surface area contributed by atoms with E-state index in [0.29, 0.717) is 6.07 Å². The van der Waals surface area contributed by atoms with Crippen molar-refractivity contribution < 1.29 is 23.5 Å². The van der Waals surface area contributed by atoms with E-state index in [4.69, 9.17) is 5.11 Å². The second-order valence-corrected chi connectivity index (χ2v) is 3.90. The van der Waals surface area contributed by atoms with Crippen LogP contribution in [0.15, 0.2) is 18.2 Å². The average molecular weight is 241 g/mol. The van der Waals surface area contributed by atoms with Crippen molar-refractivity contribution in [2.75, 3.05) is 0 Å². The third kappa shape index (κ3) is 2.25. The summed E-state index contributed by atoms with van der Waals surface area (Å²) in [5.41, 5.74) is 0.126. The second-order valence-electron chi connectivity index (χ2n) is 3.90. The number of hydrogen-bond donors (Lipinski definition) is 2. The van der Waals surface area contributed by atoms with Crippen molar-refractivity contribution in [3.05, 3.63) is 35.4 Å². The van der Waals surface area contributed by atoms with Gasteiger partial charge < -0.3 is 10.4 Å². The number of amides is 1. The van der Waals surface area contributed by atoms with E-state index < -0.39 is 35.5 Å². The van der Waals surface area contributed by atoms with Gasteiger partial charge in [0.05, 0.1) is 12.0 Å². The number of halogens is 2. The Hall–Kier alpha value is -1.98. The van der Waals surface area contributed by atoms with E-state index in [-0.39, 0.29) is 12.0 Å². The molecule has 0 aromatic heterocycles. The second kappa shape index (κ2) is 4.12. The van der Waals surface area contributed by atoms with Crippen molar-refractivity contribution in [2.45, 2.75) is 12.5 Å². The monoisotopic (exact) mass is 241 g/mol. The lowest BCUT2D eigenvalue weighted by molar-refractivity contribution is -0.142. The molecule has 2 atom stereocenters. The summed E-state index contributed by atoms with van der Waals surface area (Å²) < 4.78 is 26.0. The number of carbonyl (C=O) groups is 2. The van der Waals surface area contributed by atoms with Crippen molar-refractivity contribution >= 4 is 11.9 Å². The molecule has 0 unspecified atom stereocenters. The molecule has 6 heteroatoms. The van der Waals surface area contributed by atoms with Crippen LogP contribution in [0.3, 0.4) is 0 Å². The molecule has 1 fully saturated rings. The molecule has 17 heavy (non-hydrogen) atoms. The lowest BCUT2D eigenvalue weighted by Crippen LogP contribution is -2.24. The molecule has 1 aliphatic rings. The van der Waals surface area contributed by atoms with Crippen LogP contribution < -0.4 is 5.32 Å². The zero-order valence-electron chi connectivity index (χ0n) is 8.61. The molecule has 1 saturated heterocycles. The largest absolute Gasteiger partial charge is 0.481 e. The van der Waals surface area contributed by atoms with Gasteiger partial charge >= 0.3 is 5.97 Å². The first-order valence-corrected chi connectivity index (χ1v) is 4.95. The summed E-state index contributed by atoms with van der Waals surface area (Å²) in [5.74, 6) is -4.20. The third-order valence-corrected chi connectivity index (χ3v) is 2.69. The van der Waals surface area contributed by atoms with Gasteiger partial charge in [-0.25, -0.2) is 8.78 Å². The van der Waals surface area contributed by atoms with E-state index in [0.717, 1.165) is 12.1 Å². The number of benzene rings is 1. The summed E-state index contributed by atoms with van der Waals surface area (Å²) >= 11 is 0. The van der Waals surface area contributed by atoms with Gasteiger partial charge in [0, 0.05) is 12.5 Å². The van der Waals surface area contributed by atoms with Gasteiger partial charge in [-0.2, -0.15) is 0 Å². The van der Waals surface area contributed by atoms with Crippen molar-refractivity contribution in [1.82, 2.24) is 5.32 Å². The standard InChI is InChI=1S/C11H9F2NO3/c12-6-1-5(2-7(13)3-6)10-8(11(16)17)4-9(15)14-10/h1-3,8,10H,4H2,(H,14,15)(H,16,17)/t8-,10+/m1/s1. The quantitative estimate of drug-likeness (QED) is 0.818. The number of carbonyl (C=O) groups excluding carboxylic acids is 1. The highest BCUT2D eigenvalue weighted by Crippen LogP contribution is 2.31. The lowest BCUT2D eigenvalue weighted by Gasteiger charge is -2.15. The number of aliphatic carboxylic acids is 1. The van der Waals surface area contributed by atoms with E-state index in [1.54, 1.807) is 0 Å². The van der Waals surface area contributed by atoms with Crippen LogP contribution in [-0.4, -0.2) is 17.0 Å². The van der Waals surface area contributed by atoms with Crippen molar-refractivity contribution in [2.24, 2.45) is 5.92 Å². The van der Waals surface area contributed by atoms with Gasteiger partial charge in [-0.05, 0) is 17.7 Å². The molecule has 0 aliphatic carbocycles. The maximum absolute atomic E-state index is 13.0. The van der Waals surface area contributed by atoms with Gasteiger partial charge in [-0.3, -0.25) is 9.59 Å². The van der Waals surface area contributed by atoms with Crippen LogP contribution in [0, 0.1) is 17.6 Å². The number of carboxylic acid groups (broad SMARTS) is 1. The molecule has 0 spiro atoms. The van der Waals surface area contributed by atoms with Crippen LogP contribution in [0.5, 0.6) is 0 Å². The minimum absolute atomic E-state index is 0.126. The molecule has 1 aliphatic heterocycles. The molecule has 1 amide bonds. The molecule has 2 N–H and O–H groups in total. The highest BCUT2D eigenvalue weighted by Gasteiger charge is 2.38. The molecule has 90 valence electrons. The maximum atomic E-state index is 13.0. The van der Waals surface area contributed by atoms with Crippen LogP contribution in [-0.2, 0) is 9.59 Å². The molecule has 2 rings (SSSR count). The van der Waals surface area contributed by atoms with Gasteiger partial charge in [-0.15, -0.1) is 0 Å². The van der Waals surface area contributed by atoms with Crippen LogP contribution in [0.25, 0.3) is 0 Å². The minimum atomic E-state index is -1.17. The summed E-state index contributed by atoms with van der Waals surface area (Å²) in [6.45, 7) is 0. The Balaban J connectivity index is 2.37. The molecular formula is C11H9F2NO3. The molecular weight excluding hydrogens is 232 g/mol. The lowest BCUT2D eigenvalue weighted by atomic mass is 9.94.